The number of carboxylic acid groups (broad SMARTS) is 1. The molecule has 0 saturated heterocycles. The lowest BCUT2D eigenvalue weighted by Gasteiger charge is -2.21. The average molecular weight is 480 g/mol. The highest BCUT2D eigenvalue weighted by atomic mass is 127. The molecule has 0 aliphatic rings. The van der Waals surface area contributed by atoms with Gasteiger partial charge in [-0.05, 0) is 36.3 Å². The van der Waals surface area contributed by atoms with Crippen molar-refractivity contribution in [2.75, 3.05) is 4.43 Å². The number of hydrogen-bond donors (Lipinski definition) is 1. The number of carbonyl (C=O) groups excluding carboxylic acids is 1. The van der Waals surface area contributed by atoms with Crippen molar-refractivity contribution in [3.05, 3.63) is 71.8 Å². The number of benzene rings is 2. The molecule has 2 aromatic rings. The predicted molar refractivity (Wildman–Crippen MR) is 114 cm³/mol. The smallest absolute Gasteiger partial charge is 0.309 e. The molecule has 0 spiro atoms. The van der Waals surface area contributed by atoms with Crippen LogP contribution in [0.3, 0.4) is 0 Å². The summed E-state index contributed by atoms with van der Waals surface area (Å²) in [6.07, 6.45) is 1.95. The van der Waals surface area contributed by atoms with E-state index in [1.165, 1.54) is 0 Å². The standard InChI is InChI=1S/C22H25IO4/c23-15-19(11-12-21(24)25)14-20(13-17-7-3-1-4-8-17)22(26)27-16-18-9-5-2-6-10-18/h1-10,19-20H,11-16H2,(H,24,25). The molecule has 0 aliphatic heterocycles. The van der Waals surface area contributed by atoms with Crippen LogP contribution in [0.15, 0.2) is 60.7 Å². The third kappa shape index (κ3) is 8.12. The summed E-state index contributed by atoms with van der Waals surface area (Å²) in [5.74, 6) is -1.10. The van der Waals surface area contributed by atoms with Gasteiger partial charge in [0.2, 0.25) is 0 Å². The number of hydrogen-bond acceptors (Lipinski definition) is 3. The van der Waals surface area contributed by atoms with Crippen molar-refractivity contribution in [3.63, 3.8) is 0 Å². The van der Waals surface area contributed by atoms with E-state index in [4.69, 9.17) is 9.84 Å². The van der Waals surface area contributed by atoms with Gasteiger partial charge in [0, 0.05) is 10.8 Å². The van der Waals surface area contributed by atoms with Crippen LogP contribution < -0.4 is 0 Å². The maximum atomic E-state index is 12.8. The fourth-order valence-electron chi connectivity index (χ4n) is 3.00. The molecule has 2 aromatic carbocycles. The van der Waals surface area contributed by atoms with E-state index in [1.54, 1.807) is 0 Å². The summed E-state index contributed by atoms with van der Waals surface area (Å²) in [7, 11) is 0. The first-order valence-electron chi connectivity index (χ1n) is 9.10. The summed E-state index contributed by atoms with van der Waals surface area (Å²) < 4.78 is 6.40. The van der Waals surface area contributed by atoms with Crippen molar-refractivity contribution in [1.82, 2.24) is 0 Å². The van der Waals surface area contributed by atoms with E-state index in [1.807, 2.05) is 60.7 Å². The van der Waals surface area contributed by atoms with Gasteiger partial charge in [0.05, 0.1) is 5.92 Å². The first-order chi connectivity index (χ1) is 13.1. The second-order valence-corrected chi connectivity index (χ2v) is 7.55. The molecule has 2 rings (SSSR count). The van der Waals surface area contributed by atoms with E-state index in [0.717, 1.165) is 15.6 Å². The Kier molecular flexibility index (Phi) is 9.31. The van der Waals surface area contributed by atoms with Gasteiger partial charge in [0.15, 0.2) is 0 Å². The Balaban J connectivity index is 2.03. The maximum Gasteiger partial charge on any atom is 0.309 e. The van der Waals surface area contributed by atoms with E-state index in [0.29, 0.717) is 19.3 Å². The van der Waals surface area contributed by atoms with Crippen LogP contribution >= 0.6 is 22.6 Å². The largest absolute Gasteiger partial charge is 0.481 e. The van der Waals surface area contributed by atoms with Gasteiger partial charge in [-0.15, -0.1) is 0 Å². The molecular weight excluding hydrogens is 455 g/mol. The van der Waals surface area contributed by atoms with Crippen LogP contribution in [0.25, 0.3) is 0 Å². The Labute approximate surface area is 174 Å². The molecule has 1 N–H and O–H groups in total. The van der Waals surface area contributed by atoms with E-state index in [2.05, 4.69) is 22.6 Å². The molecule has 0 saturated carbocycles. The van der Waals surface area contributed by atoms with E-state index in [-0.39, 0.29) is 30.8 Å². The second kappa shape index (κ2) is 11.7. The number of rotatable bonds is 11. The van der Waals surface area contributed by atoms with Crippen molar-refractivity contribution in [2.45, 2.75) is 32.3 Å². The van der Waals surface area contributed by atoms with Gasteiger partial charge in [-0.1, -0.05) is 83.3 Å². The predicted octanol–water partition coefficient (Wildman–Crippen LogP) is 4.89. The third-order valence-corrected chi connectivity index (χ3v) is 5.73. The summed E-state index contributed by atoms with van der Waals surface area (Å²) >= 11 is 2.27. The third-order valence-electron chi connectivity index (χ3n) is 4.48. The molecule has 0 heterocycles. The minimum absolute atomic E-state index is 0.130. The van der Waals surface area contributed by atoms with Crippen LogP contribution in [0.5, 0.6) is 0 Å². The number of esters is 1. The van der Waals surface area contributed by atoms with Gasteiger partial charge in [-0.2, -0.15) is 0 Å². The van der Waals surface area contributed by atoms with Crippen molar-refractivity contribution in [2.24, 2.45) is 11.8 Å². The molecule has 0 aliphatic carbocycles. The van der Waals surface area contributed by atoms with Crippen molar-refractivity contribution >= 4 is 34.5 Å². The molecule has 0 fully saturated rings. The van der Waals surface area contributed by atoms with E-state index >= 15 is 0 Å². The van der Waals surface area contributed by atoms with E-state index < -0.39 is 5.97 Å². The van der Waals surface area contributed by atoms with Crippen molar-refractivity contribution in [3.8, 4) is 0 Å². The minimum atomic E-state index is -0.795. The lowest BCUT2D eigenvalue weighted by molar-refractivity contribution is -0.150. The Morgan fingerprint density at radius 2 is 1.56 bits per heavy atom. The lowest BCUT2D eigenvalue weighted by Crippen LogP contribution is -2.24. The van der Waals surface area contributed by atoms with Gasteiger partial charge < -0.3 is 9.84 Å². The second-order valence-electron chi connectivity index (χ2n) is 6.67. The number of alkyl halides is 1. The Morgan fingerprint density at radius 1 is 0.963 bits per heavy atom. The average Bonchev–Trinajstić information content (AvgIpc) is 2.69. The minimum Gasteiger partial charge on any atom is -0.481 e. The number of aliphatic carboxylic acids is 1. The zero-order valence-corrected chi connectivity index (χ0v) is 17.4. The summed E-state index contributed by atoms with van der Waals surface area (Å²) in [6.45, 7) is 0.259. The molecule has 0 amide bonds. The molecule has 0 radical (unpaired) electrons. The monoisotopic (exact) mass is 480 g/mol. The fraction of sp³-hybridized carbons (Fsp3) is 0.364. The molecule has 5 heteroatoms. The SMILES string of the molecule is O=C(O)CCC(CI)CC(Cc1ccccc1)C(=O)OCc1ccccc1. The van der Waals surface area contributed by atoms with Gasteiger partial charge in [-0.25, -0.2) is 0 Å². The lowest BCUT2D eigenvalue weighted by atomic mass is 9.88. The highest BCUT2D eigenvalue weighted by Crippen LogP contribution is 2.24. The van der Waals surface area contributed by atoms with Gasteiger partial charge in [-0.3, -0.25) is 9.59 Å². The Hall–Kier alpha value is -1.89. The molecule has 27 heavy (non-hydrogen) atoms. The number of halogens is 1. The first kappa shape index (κ1) is 21.4. The molecule has 2 atom stereocenters. The Bertz CT molecular complexity index is 703. The van der Waals surface area contributed by atoms with Crippen molar-refractivity contribution in [1.29, 1.82) is 0 Å². The van der Waals surface area contributed by atoms with Crippen LogP contribution in [0.2, 0.25) is 0 Å². The summed E-state index contributed by atoms with van der Waals surface area (Å²) in [5, 5.41) is 8.95. The topological polar surface area (TPSA) is 63.6 Å². The first-order valence-corrected chi connectivity index (χ1v) is 10.6. The van der Waals surface area contributed by atoms with Crippen LogP contribution in [0.1, 0.15) is 30.4 Å². The highest BCUT2D eigenvalue weighted by molar-refractivity contribution is 14.1. The summed E-state index contributed by atoms with van der Waals surface area (Å²) in [4.78, 5) is 23.7. The molecule has 2 unspecified atom stereocenters. The molecular formula is C22H25IO4. The van der Waals surface area contributed by atoms with Gasteiger partial charge >= 0.3 is 11.9 Å². The fourth-order valence-corrected chi connectivity index (χ4v) is 3.80. The zero-order chi connectivity index (χ0) is 19.5. The van der Waals surface area contributed by atoms with Crippen molar-refractivity contribution < 1.29 is 19.4 Å². The quantitative estimate of drug-likeness (QED) is 0.283. The molecule has 0 aromatic heterocycles. The van der Waals surface area contributed by atoms with Gasteiger partial charge in [0.1, 0.15) is 6.61 Å². The number of carboxylic acids is 1. The Morgan fingerprint density at radius 3 is 2.11 bits per heavy atom. The molecule has 144 valence electrons. The van der Waals surface area contributed by atoms with Gasteiger partial charge in [0.25, 0.3) is 0 Å². The number of ether oxygens (including phenoxy) is 1. The van der Waals surface area contributed by atoms with E-state index in [9.17, 15) is 9.59 Å². The van der Waals surface area contributed by atoms with Crippen LogP contribution in [0.4, 0.5) is 0 Å². The number of carbonyl (C=O) groups is 2. The zero-order valence-electron chi connectivity index (χ0n) is 15.2. The van der Waals surface area contributed by atoms with Crippen LogP contribution in [-0.4, -0.2) is 21.5 Å². The summed E-state index contributed by atoms with van der Waals surface area (Å²) in [5.41, 5.74) is 2.05. The normalized spacial score (nSPS) is 12.9. The molecule has 0 bridgehead atoms. The maximum absolute atomic E-state index is 12.8. The van der Waals surface area contributed by atoms with Crippen LogP contribution in [0, 0.1) is 11.8 Å². The highest BCUT2D eigenvalue weighted by Gasteiger charge is 2.25. The summed E-state index contributed by atoms with van der Waals surface area (Å²) in [6, 6.07) is 19.5. The van der Waals surface area contributed by atoms with Crippen LogP contribution in [-0.2, 0) is 27.4 Å². The molecule has 4 nitrogen and oxygen atoms in total.